The Kier molecular flexibility index (Phi) is 3.87. The molecule has 0 atom stereocenters. The van der Waals surface area contributed by atoms with Gasteiger partial charge < -0.3 is 20.6 Å². The predicted molar refractivity (Wildman–Crippen MR) is 83.2 cm³/mol. The summed E-state index contributed by atoms with van der Waals surface area (Å²) in [5.74, 6) is 0.549. The maximum atomic E-state index is 9.02. The summed E-state index contributed by atoms with van der Waals surface area (Å²) < 4.78 is 0. The highest BCUT2D eigenvalue weighted by atomic mass is 16.3. The van der Waals surface area contributed by atoms with Gasteiger partial charge in [-0.1, -0.05) is 0 Å². The number of aliphatic hydroxyl groups excluding tert-OH is 1. The molecule has 0 aromatic carbocycles. The highest BCUT2D eigenvalue weighted by molar-refractivity contribution is 5.51. The average molecular weight is 285 g/mol. The smallest absolute Gasteiger partial charge is 0.123 e. The predicted octanol–water partition coefficient (Wildman–Crippen LogP) is 0.878. The molecule has 0 unspecified atom stereocenters. The molecule has 1 fully saturated rings. The Bertz CT molecular complexity index is 576. The van der Waals surface area contributed by atoms with Crippen molar-refractivity contribution in [3.63, 3.8) is 0 Å². The highest BCUT2D eigenvalue weighted by Gasteiger charge is 2.17. The van der Waals surface area contributed by atoms with Gasteiger partial charge in [-0.2, -0.15) is 0 Å². The Morgan fingerprint density at radius 3 is 1.90 bits per heavy atom. The second-order valence-corrected chi connectivity index (χ2v) is 5.08. The molecule has 1 aliphatic rings. The molecule has 0 amide bonds. The molecule has 2 aromatic rings. The topological polar surface area (TPSA) is 78.5 Å². The van der Waals surface area contributed by atoms with Crippen molar-refractivity contribution in [1.29, 1.82) is 0 Å². The molecule has 1 aliphatic heterocycles. The molecule has 6 heteroatoms. The fraction of sp³-hybridized carbons (Fsp3) is 0.333. The minimum Gasteiger partial charge on any atom is -0.390 e. The van der Waals surface area contributed by atoms with Gasteiger partial charge >= 0.3 is 0 Å². The molecule has 0 saturated carbocycles. The Morgan fingerprint density at radius 1 is 0.905 bits per heavy atom. The number of pyridine rings is 2. The summed E-state index contributed by atoms with van der Waals surface area (Å²) in [4.78, 5) is 13.0. The van der Waals surface area contributed by atoms with Crippen molar-refractivity contribution >= 4 is 17.2 Å². The van der Waals surface area contributed by atoms with Gasteiger partial charge in [0.1, 0.15) is 5.82 Å². The molecule has 3 heterocycles. The Hall–Kier alpha value is -2.34. The van der Waals surface area contributed by atoms with Crippen LogP contribution in [0, 0.1) is 0 Å². The molecule has 6 nitrogen and oxygen atoms in total. The summed E-state index contributed by atoms with van der Waals surface area (Å²) in [5.41, 5.74) is 8.52. The van der Waals surface area contributed by atoms with Crippen LogP contribution in [0.1, 0.15) is 5.69 Å². The monoisotopic (exact) mass is 285 g/mol. The van der Waals surface area contributed by atoms with Crippen LogP contribution in [0.4, 0.5) is 17.2 Å². The van der Waals surface area contributed by atoms with Gasteiger partial charge in [-0.3, -0.25) is 4.98 Å². The number of piperazine rings is 1. The van der Waals surface area contributed by atoms with Crippen LogP contribution >= 0.6 is 0 Å². The largest absolute Gasteiger partial charge is 0.390 e. The van der Waals surface area contributed by atoms with E-state index in [4.69, 9.17) is 10.8 Å². The van der Waals surface area contributed by atoms with E-state index < -0.39 is 0 Å². The van der Waals surface area contributed by atoms with Crippen molar-refractivity contribution < 1.29 is 5.11 Å². The number of nitrogens with two attached hydrogens (primary N) is 1. The molecule has 3 rings (SSSR count). The van der Waals surface area contributed by atoms with Crippen molar-refractivity contribution in [2.24, 2.45) is 0 Å². The van der Waals surface area contributed by atoms with Crippen LogP contribution in [-0.4, -0.2) is 41.3 Å². The van der Waals surface area contributed by atoms with Crippen LogP contribution in [0.3, 0.4) is 0 Å². The standard InChI is InChI=1S/C15H19N5O/c16-15-4-3-14(10-18-15)20-7-5-19(6-8-20)13-2-1-12(11-21)17-9-13/h1-4,9-10,21H,5-8,11H2,(H2,16,18). The van der Waals surface area contributed by atoms with Gasteiger partial charge in [0.05, 0.1) is 36.1 Å². The van der Waals surface area contributed by atoms with E-state index in [1.165, 1.54) is 0 Å². The lowest BCUT2D eigenvalue weighted by Crippen LogP contribution is -2.46. The summed E-state index contributed by atoms with van der Waals surface area (Å²) in [6.45, 7) is 3.73. The fourth-order valence-corrected chi connectivity index (χ4v) is 2.50. The van der Waals surface area contributed by atoms with Crippen molar-refractivity contribution in [1.82, 2.24) is 9.97 Å². The van der Waals surface area contributed by atoms with Crippen LogP contribution in [0.2, 0.25) is 0 Å². The number of aromatic nitrogens is 2. The molecule has 1 saturated heterocycles. The molecule has 0 aliphatic carbocycles. The summed E-state index contributed by atoms with van der Waals surface area (Å²) in [6.07, 6.45) is 3.65. The minimum absolute atomic E-state index is 0.0157. The molecular weight excluding hydrogens is 266 g/mol. The normalized spacial score (nSPS) is 15.3. The van der Waals surface area contributed by atoms with E-state index in [0.29, 0.717) is 11.5 Å². The van der Waals surface area contributed by atoms with Crippen molar-refractivity contribution in [3.8, 4) is 0 Å². The molecule has 21 heavy (non-hydrogen) atoms. The maximum absolute atomic E-state index is 9.02. The van der Waals surface area contributed by atoms with Gasteiger partial charge in [-0.05, 0) is 24.3 Å². The highest BCUT2D eigenvalue weighted by Crippen LogP contribution is 2.20. The lowest BCUT2D eigenvalue weighted by molar-refractivity contribution is 0.277. The Morgan fingerprint density at radius 2 is 1.48 bits per heavy atom. The number of aliphatic hydroxyl groups is 1. The van der Waals surface area contributed by atoms with Crippen LogP contribution in [0.5, 0.6) is 0 Å². The van der Waals surface area contributed by atoms with E-state index >= 15 is 0 Å². The fourth-order valence-electron chi connectivity index (χ4n) is 2.50. The van der Waals surface area contributed by atoms with Gasteiger partial charge in [0.15, 0.2) is 0 Å². The molecule has 0 radical (unpaired) electrons. The van der Waals surface area contributed by atoms with Crippen molar-refractivity contribution in [3.05, 3.63) is 42.4 Å². The first-order chi connectivity index (χ1) is 10.3. The maximum Gasteiger partial charge on any atom is 0.123 e. The van der Waals surface area contributed by atoms with Crippen LogP contribution < -0.4 is 15.5 Å². The van der Waals surface area contributed by atoms with Gasteiger partial charge in [-0.15, -0.1) is 0 Å². The zero-order chi connectivity index (χ0) is 14.7. The van der Waals surface area contributed by atoms with E-state index in [-0.39, 0.29) is 6.61 Å². The first-order valence-corrected chi connectivity index (χ1v) is 7.03. The minimum atomic E-state index is -0.0157. The summed E-state index contributed by atoms with van der Waals surface area (Å²) in [7, 11) is 0. The number of nitrogen functional groups attached to an aromatic ring is 1. The number of anilines is 3. The zero-order valence-corrected chi connectivity index (χ0v) is 11.8. The summed E-state index contributed by atoms with van der Waals surface area (Å²) >= 11 is 0. The molecular formula is C15H19N5O. The van der Waals surface area contributed by atoms with Crippen LogP contribution in [0.15, 0.2) is 36.7 Å². The lowest BCUT2D eigenvalue weighted by atomic mass is 10.2. The first kappa shape index (κ1) is 13.6. The van der Waals surface area contributed by atoms with E-state index in [1.54, 1.807) is 0 Å². The lowest BCUT2D eigenvalue weighted by Gasteiger charge is -2.37. The second-order valence-electron chi connectivity index (χ2n) is 5.08. The van der Waals surface area contributed by atoms with Crippen molar-refractivity contribution in [2.75, 3.05) is 41.7 Å². The zero-order valence-electron chi connectivity index (χ0n) is 11.8. The SMILES string of the molecule is Nc1ccc(N2CCN(c3ccc(CO)nc3)CC2)cn1. The quantitative estimate of drug-likeness (QED) is 0.871. The van der Waals surface area contributed by atoms with E-state index in [9.17, 15) is 0 Å². The van der Waals surface area contributed by atoms with Gasteiger partial charge in [0.2, 0.25) is 0 Å². The third kappa shape index (κ3) is 3.05. The molecule has 3 N–H and O–H groups in total. The van der Waals surface area contributed by atoms with E-state index in [0.717, 1.165) is 37.6 Å². The van der Waals surface area contributed by atoms with Gasteiger partial charge in [0.25, 0.3) is 0 Å². The summed E-state index contributed by atoms with van der Waals surface area (Å²) in [5, 5.41) is 9.02. The third-order valence-corrected chi connectivity index (χ3v) is 3.75. The number of nitrogens with zero attached hydrogens (tertiary/aromatic N) is 4. The summed E-state index contributed by atoms with van der Waals surface area (Å²) in [6, 6.07) is 7.72. The number of hydrogen-bond donors (Lipinski definition) is 2. The molecule has 0 spiro atoms. The Balaban J connectivity index is 1.62. The first-order valence-electron chi connectivity index (χ1n) is 7.03. The van der Waals surface area contributed by atoms with E-state index in [2.05, 4.69) is 19.8 Å². The van der Waals surface area contributed by atoms with Gasteiger partial charge in [-0.25, -0.2) is 4.98 Å². The average Bonchev–Trinajstić information content (AvgIpc) is 2.56. The second kappa shape index (κ2) is 5.97. The van der Waals surface area contributed by atoms with Gasteiger partial charge in [0, 0.05) is 26.2 Å². The van der Waals surface area contributed by atoms with Crippen LogP contribution in [0.25, 0.3) is 0 Å². The number of hydrogen-bond acceptors (Lipinski definition) is 6. The molecule has 2 aromatic heterocycles. The molecule has 110 valence electrons. The van der Waals surface area contributed by atoms with Crippen molar-refractivity contribution in [2.45, 2.75) is 6.61 Å². The van der Waals surface area contributed by atoms with Crippen LogP contribution in [-0.2, 0) is 6.61 Å². The van der Waals surface area contributed by atoms with E-state index in [1.807, 2.05) is 36.7 Å². The third-order valence-electron chi connectivity index (χ3n) is 3.75. The molecule has 0 bridgehead atoms. The number of rotatable bonds is 3. The Labute approximate surface area is 123 Å².